The van der Waals surface area contributed by atoms with Gasteiger partial charge in [0.2, 0.25) is 0 Å². The van der Waals surface area contributed by atoms with Crippen LogP contribution in [0.3, 0.4) is 0 Å². The zero-order valence-corrected chi connectivity index (χ0v) is 11.2. The van der Waals surface area contributed by atoms with Crippen molar-refractivity contribution in [1.82, 2.24) is 0 Å². The van der Waals surface area contributed by atoms with E-state index in [1.54, 1.807) is 0 Å². The maximum absolute atomic E-state index is 13.7. The van der Waals surface area contributed by atoms with Crippen molar-refractivity contribution >= 4 is 21.7 Å². The summed E-state index contributed by atoms with van der Waals surface area (Å²) in [4.78, 5) is 11.9. The lowest BCUT2D eigenvalue weighted by atomic mass is 10.0. The van der Waals surface area contributed by atoms with Gasteiger partial charge < -0.3 is 0 Å². The molecule has 5 heteroatoms. The molecule has 0 bridgehead atoms. The molecule has 0 saturated carbocycles. The third kappa shape index (κ3) is 3.04. The van der Waals surface area contributed by atoms with Crippen molar-refractivity contribution in [2.45, 2.75) is 6.42 Å². The van der Waals surface area contributed by atoms with Crippen molar-refractivity contribution in [3.63, 3.8) is 0 Å². The Morgan fingerprint density at radius 3 is 2.53 bits per heavy atom. The third-order valence-corrected chi connectivity index (χ3v) is 3.23. The van der Waals surface area contributed by atoms with Crippen LogP contribution in [0.15, 0.2) is 40.9 Å². The Morgan fingerprint density at radius 2 is 1.84 bits per heavy atom. The molecule has 0 amide bonds. The molecule has 0 fully saturated rings. The van der Waals surface area contributed by atoms with E-state index in [1.807, 2.05) is 0 Å². The Bertz CT molecular complexity index is 641. The summed E-state index contributed by atoms with van der Waals surface area (Å²) >= 11 is 2.97. The molecule has 0 aromatic heterocycles. The second-order valence-corrected chi connectivity index (χ2v) is 4.79. The van der Waals surface area contributed by atoms with Gasteiger partial charge in [-0.3, -0.25) is 4.79 Å². The first-order valence-electron chi connectivity index (χ1n) is 5.40. The number of ketones is 1. The number of halogens is 4. The highest BCUT2D eigenvalue weighted by molar-refractivity contribution is 9.10. The van der Waals surface area contributed by atoms with Crippen LogP contribution in [-0.4, -0.2) is 5.78 Å². The van der Waals surface area contributed by atoms with E-state index in [-0.39, 0.29) is 22.0 Å². The molecule has 2 rings (SSSR count). The summed E-state index contributed by atoms with van der Waals surface area (Å²) in [6.07, 6.45) is -0.320. The number of carbonyl (C=O) groups is 1. The fourth-order valence-corrected chi connectivity index (χ4v) is 2.02. The van der Waals surface area contributed by atoms with Crippen molar-refractivity contribution in [2.24, 2.45) is 0 Å². The van der Waals surface area contributed by atoms with Gasteiger partial charge in [0.05, 0.1) is 10.0 Å². The van der Waals surface area contributed by atoms with E-state index in [4.69, 9.17) is 0 Å². The van der Waals surface area contributed by atoms with Gasteiger partial charge in [-0.05, 0) is 39.7 Å². The number of carbonyl (C=O) groups excluding carboxylic acids is 1. The average Bonchev–Trinajstić information content (AvgIpc) is 2.36. The molecule has 19 heavy (non-hydrogen) atoms. The van der Waals surface area contributed by atoms with Crippen molar-refractivity contribution in [3.8, 4) is 0 Å². The summed E-state index contributed by atoms with van der Waals surface area (Å²) in [5.74, 6) is -2.79. The van der Waals surface area contributed by atoms with Crippen LogP contribution in [0, 0.1) is 17.5 Å². The van der Waals surface area contributed by atoms with Crippen molar-refractivity contribution in [2.75, 3.05) is 0 Å². The van der Waals surface area contributed by atoms with E-state index in [2.05, 4.69) is 15.9 Å². The minimum Gasteiger partial charge on any atom is -0.294 e. The van der Waals surface area contributed by atoms with Crippen LogP contribution >= 0.6 is 15.9 Å². The molecular weight excluding hydrogens is 321 g/mol. The minimum atomic E-state index is -0.816. The Hall–Kier alpha value is -1.62. The van der Waals surface area contributed by atoms with E-state index in [0.29, 0.717) is 6.07 Å². The van der Waals surface area contributed by atoms with E-state index in [1.165, 1.54) is 24.3 Å². The maximum atomic E-state index is 13.7. The summed E-state index contributed by atoms with van der Waals surface area (Å²) < 4.78 is 40.0. The van der Waals surface area contributed by atoms with Gasteiger partial charge in [0.25, 0.3) is 0 Å². The van der Waals surface area contributed by atoms with Crippen LogP contribution in [0.2, 0.25) is 0 Å². The topological polar surface area (TPSA) is 17.1 Å². The molecule has 0 saturated heterocycles. The fraction of sp³-hybridized carbons (Fsp3) is 0.0714. The van der Waals surface area contributed by atoms with Crippen molar-refractivity contribution in [3.05, 3.63) is 69.4 Å². The molecule has 0 N–H and O–H groups in total. The zero-order chi connectivity index (χ0) is 14.0. The number of Topliss-reactive ketones (excluding diaryl/α,β-unsaturated/α-hetero) is 1. The molecular formula is C14H8BrF3O. The van der Waals surface area contributed by atoms with Gasteiger partial charge in [0.15, 0.2) is 5.78 Å². The van der Waals surface area contributed by atoms with Gasteiger partial charge in [0, 0.05) is 12.5 Å². The lowest BCUT2D eigenvalue weighted by Gasteiger charge is -2.05. The highest BCUT2D eigenvalue weighted by Gasteiger charge is 2.16. The van der Waals surface area contributed by atoms with Gasteiger partial charge in [-0.25, -0.2) is 13.2 Å². The van der Waals surface area contributed by atoms with Crippen LogP contribution in [0.4, 0.5) is 13.2 Å². The molecule has 2 aromatic carbocycles. The lowest BCUT2D eigenvalue weighted by Crippen LogP contribution is -2.08. The first-order valence-corrected chi connectivity index (χ1v) is 6.19. The molecule has 1 nitrogen and oxygen atoms in total. The summed E-state index contributed by atoms with van der Waals surface area (Å²) in [5, 5.41) is 0. The SMILES string of the molecule is O=C(Cc1ccc(F)cc1F)c1cccc(Br)c1F. The molecule has 0 aliphatic rings. The normalized spacial score (nSPS) is 10.5. The molecule has 0 heterocycles. The van der Waals surface area contributed by atoms with Gasteiger partial charge >= 0.3 is 0 Å². The molecule has 98 valence electrons. The van der Waals surface area contributed by atoms with Crippen LogP contribution < -0.4 is 0 Å². The van der Waals surface area contributed by atoms with Gasteiger partial charge in [-0.15, -0.1) is 0 Å². The largest absolute Gasteiger partial charge is 0.294 e. The highest BCUT2D eigenvalue weighted by Crippen LogP contribution is 2.20. The molecule has 0 atom stereocenters. The standard InChI is InChI=1S/C14H8BrF3O/c15-11-3-1-2-10(14(11)18)13(19)6-8-4-5-9(16)7-12(8)17/h1-5,7H,6H2. The number of hydrogen-bond donors (Lipinski definition) is 0. The summed E-state index contributed by atoms with van der Waals surface area (Å²) in [7, 11) is 0. The van der Waals surface area contributed by atoms with Crippen molar-refractivity contribution in [1.29, 1.82) is 0 Å². The molecule has 0 unspecified atom stereocenters. The number of rotatable bonds is 3. The zero-order valence-electron chi connectivity index (χ0n) is 9.59. The van der Waals surface area contributed by atoms with Crippen LogP contribution in [-0.2, 0) is 6.42 Å². The van der Waals surface area contributed by atoms with Crippen LogP contribution in [0.5, 0.6) is 0 Å². The molecule has 0 spiro atoms. The van der Waals surface area contributed by atoms with Gasteiger partial charge in [0.1, 0.15) is 17.5 Å². The van der Waals surface area contributed by atoms with E-state index in [9.17, 15) is 18.0 Å². The van der Waals surface area contributed by atoms with Crippen LogP contribution in [0.25, 0.3) is 0 Å². The van der Waals surface area contributed by atoms with E-state index >= 15 is 0 Å². The first kappa shape index (κ1) is 13.8. The maximum Gasteiger partial charge on any atom is 0.170 e. The van der Waals surface area contributed by atoms with Crippen molar-refractivity contribution < 1.29 is 18.0 Å². The summed E-state index contributed by atoms with van der Waals surface area (Å²) in [5.41, 5.74) is -0.0936. The predicted octanol–water partition coefficient (Wildman–Crippen LogP) is 4.29. The van der Waals surface area contributed by atoms with E-state index in [0.717, 1.165) is 6.07 Å². The third-order valence-electron chi connectivity index (χ3n) is 2.62. The summed E-state index contributed by atoms with van der Waals surface area (Å²) in [6, 6.07) is 7.23. The first-order chi connectivity index (χ1) is 8.99. The number of benzene rings is 2. The monoisotopic (exact) mass is 328 g/mol. The van der Waals surface area contributed by atoms with Gasteiger partial charge in [-0.1, -0.05) is 12.1 Å². The second kappa shape index (κ2) is 5.57. The van der Waals surface area contributed by atoms with Gasteiger partial charge in [-0.2, -0.15) is 0 Å². The Kier molecular flexibility index (Phi) is 4.04. The molecule has 2 aromatic rings. The quantitative estimate of drug-likeness (QED) is 0.768. The lowest BCUT2D eigenvalue weighted by molar-refractivity contribution is 0.0987. The molecule has 0 aliphatic carbocycles. The highest BCUT2D eigenvalue weighted by atomic mass is 79.9. The molecule has 0 radical (unpaired) electrons. The fourth-order valence-electron chi connectivity index (χ4n) is 1.65. The Balaban J connectivity index is 2.28. The number of hydrogen-bond acceptors (Lipinski definition) is 1. The average molecular weight is 329 g/mol. The predicted molar refractivity (Wildman–Crippen MR) is 68.5 cm³/mol. The Morgan fingerprint density at radius 1 is 1.11 bits per heavy atom. The van der Waals surface area contributed by atoms with E-state index < -0.39 is 23.2 Å². The Labute approximate surface area is 116 Å². The molecule has 0 aliphatic heterocycles. The second-order valence-electron chi connectivity index (χ2n) is 3.94. The minimum absolute atomic E-state index is 0.0331. The smallest absolute Gasteiger partial charge is 0.170 e. The summed E-state index contributed by atoms with van der Waals surface area (Å²) in [6.45, 7) is 0. The van der Waals surface area contributed by atoms with Crippen LogP contribution in [0.1, 0.15) is 15.9 Å².